The number of carbonyl (C=O) groups is 1. The average Bonchev–Trinajstić information content (AvgIpc) is 2.60. The number of hydrogen-bond acceptors (Lipinski definition) is 3. The highest BCUT2D eigenvalue weighted by atomic mass is 35.5. The van der Waals surface area contributed by atoms with Gasteiger partial charge >= 0.3 is 0 Å². The van der Waals surface area contributed by atoms with Crippen LogP contribution in [-0.4, -0.2) is 12.4 Å². The normalized spacial score (nSPS) is 10.4. The predicted molar refractivity (Wildman–Crippen MR) is 52.9 cm³/mol. The number of benzene rings is 1. The van der Waals surface area contributed by atoms with Crippen molar-refractivity contribution in [2.24, 2.45) is 0 Å². The van der Waals surface area contributed by atoms with Crippen LogP contribution >= 0.6 is 11.6 Å². The molecular weight excluding hydrogens is 204 g/mol. The molecule has 0 amide bonds. The molecule has 0 aliphatic carbocycles. The SMILES string of the molecule is COc1cccc2oc(C(=O)Cl)cc12. The smallest absolute Gasteiger partial charge is 0.287 e. The van der Waals surface area contributed by atoms with Crippen LogP contribution in [0.4, 0.5) is 0 Å². The van der Waals surface area contributed by atoms with Gasteiger partial charge in [-0.3, -0.25) is 4.79 Å². The van der Waals surface area contributed by atoms with E-state index in [4.69, 9.17) is 20.8 Å². The lowest BCUT2D eigenvalue weighted by Gasteiger charge is -1.98. The number of rotatable bonds is 2. The van der Waals surface area contributed by atoms with Crippen molar-refractivity contribution in [2.45, 2.75) is 0 Å². The molecule has 1 aromatic heterocycles. The standard InChI is InChI=1S/C10H7ClO3/c1-13-7-3-2-4-8-6(7)5-9(14-8)10(11)12/h2-5H,1H3. The number of fused-ring (bicyclic) bond motifs is 1. The Balaban J connectivity index is 2.70. The van der Waals surface area contributed by atoms with Gasteiger partial charge < -0.3 is 9.15 Å². The summed E-state index contributed by atoms with van der Waals surface area (Å²) in [6, 6.07) is 6.90. The van der Waals surface area contributed by atoms with Crippen molar-refractivity contribution in [3.63, 3.8) is 0 Å². The van der Waals surface area contributed by atoms with Crippen molar-refractivity contribution in [3.05, 3.63) is 30.0 Å². The Morgan fingerprint density at radius 3 is 2.93 bits per heavy atom. The quantitative estimate of drug-likeness (QED) is 0.716. The summed E-state index contributed by atoms with van der Waals surface area (Å²) in [5, 5.41) is 0.141. The fraction of sp³-hybridized carbons (Fsp3) is 0.100. The van der Waals surface area contributed by atoms with E-state index in [2.05, 4.69) is 0 Å². The second-order valence-electron chi connectivity index (χ2n) is 2.76. The second-order valence-corrected chi connectivity index (χ2v) is 3.10. The first-order valence-electron chi connectivity index (χ1n) is 3.99. The first-order chi connectivity index (χ1) is 6.72. The lowest BCUT2D eigenvalue weighted by atomic mass is 10.2. The minimum Gasteiger partial charge on any atom is -0.496 e. The summed E-state index contributed by atoms with van der Waals surface area (Å²) in [5.41, 5.74) is 0.591. The molecule has 2 rings (SSSR count). The maximum atomic E-state index is 10.8. The Hall–Kier alpha value is -1.48. The molecule has 2 aromatic rings. The second kappa shape index (κ2) is 3.35. The molecular formula is C10H7ClO3. The van der Waals surface area contributed by atoms with Gasteiger partial charge in [0.25, 0.3) is 5.24 Å². The van der Waals surface area contributed by atoms with Crippen LogP contribution in [0.3, 0.4) is 0 Å². The van der Waals surface area contributed by atoms with Crippen molar-refractivity contribution < 1.29 is 13.9 Å². The number of halogens is 1. The molecule has 14 heavy (non-hydrogen) atoms. The molecule has 0 N–H and O–H groups in total. The van der Waals surface area contributed by atoms with Crippen LogP contribution in [0.25, 0.3) is 11.0 Å². The Morgan fingerprint density at radius 2 is 2.29 bits per heavy atom. The van der Waals surface area contributed by atoms with Gasteiger partial charge in [-0.2, -0.15) is 0 Å². The van der Waals surface area contributed by atoms with E-state index >= 15 is 0 Å². The van der Waals surface area contributed by atoms with Crippen LogP contribution in [0.1, 0.15) is 10.6 Å². The van der Waals surface area contributed by atoms with E-state index in [9.17, 15) is 4.79 Å². The van der Waals surface area contributed by atoms with Gasteiger partial charge in [-0.25, -0.2) is 0 Å². The highest BCUT2D eigenvalue weighted by Gasteiger charge is 2.11. The van der Waals surface area contributed by atoms with Crippen LogP contribution < -0.4 is 4.74 Å². The lowest BCUT2D eigenvalue weighted by Crippen LogP contribution is -1.82. The largest absolute Gasteiger partial charge is 0.496 e. The van der Waals surface area contributed by atoms with E-state index in [1.54, 1.807) is 31.4 Å². The first kappa shape index (κ1) is 9.09. The summed E-state index contributed by atoms with van der Waals surface area (Å²) in [6.07, 6.45) is 0. The highest BCUT2D eigenvalue weighted by molar-refractivity contribution is 6.67. The van der Waals surface area contributed by atoms with E-state index in [0.29, 0.717) is 11.3 Å². The van der Waals surface area contributed by atoms with Gasteiger partial charge in [-0.1, -0.05) is 6.07 Å². The van der Waals surface area contributed by atoms with E-state index in [1.807, 2.05) is 0 Å². The van der Waals surface area contributed by atoms with Crippen LogP contribution in [0.15, 0.2) is 28.7 Å². The molecule has 0 radical (unpaired) electrons. The van der Waals surface area contributed by atoms with Crippen LogP contribution in [0.5, 0.6) is 5.75 Å². The van der Waals surface area contributed by atoms with Crippen molar-refractivity contribution in [3.8, 4) is 5.75 Å². The summed E-state index contributed by atoms with van der Waals surface area (Å²) in [7, 11) is 1.56. The summed E-state index contributed by atoms with van der Waals surface area (Å²) >= 11 is 5.30. The van der Waals surface area contributed by atoms with Gasteiger partial charge in [0.2, 0.25) is 0 Å². The highest BCUT2D eigenvalue weighted by Crippen LogP contribution is 2.28. The maximum absolute atomic E-state index is 10.8. The average molecular weight is 211 g/mol. The topological polar surface area (TPSA) is 39.4 Å². The molecule has 0 unspecified atom stereocenters. The molecule has 0 saturated carbocycles. The van der Waals surface area contributed by atoms with Gasteiger partial charge in [0.05, 0.1) is 12.5 Å². The molecule has 0 aliphatic rings. The van der Waals surface area contributed by atoms with E-state index in [-0.39, 0.29) is 5.76 Å². The Morgan fingerprint density at radius 1 is 1.50 bits per heavy atom. The molecule has 0 spiro atoms. The molecule has 0 saturated heterocycles. The monoisotopic (exact) mass is 210 g/mol. The van der Waals surface area contributed by atoms with Crippen molar-refractivity contribution >= 4 is 27.8 Å². The first-order valence-corrected chi connectivity index (χ1v) is 4.36. The molecule has 0 bridgehead atoms. The predicted octanol–water partition coefficient (Wildman–Crippen LogP) is 2.82. The van der Waals surface area contributed by atoms with Crippen LogP contribution in [-0.2, 0) is 0 Å². The molecule has 1 aromatic carbocycles. The van der Waals surface area contributed by atoms with E-state index in [1.165, 1.54) is 0 Å². The van der Waals surface area contributed by atoms with Gasteiger partial charge in [0.1, 0.15) is 11.3 Å². The maximum Gasteiger partial charge on any atom is 0.287 e. The Kier molecular flexibility index (Phi) is 2.17. The summed E-state index contributed by atoms with van der Waals surface area (Å²) in [4.78, 5) is 10.8. The van der Waals surface area contributed by atoms with Gasteiger partial charge in [0, 0.05) is 6.07 Å². The van der Waals surface area contributed by atoms with Gasteiger partial charge in [-0.05, 0) is 23.7 Å². The minimum atomic E-state index is -0.608. The number of carbonyl (C=O) groups excluding carboxylic acids is 1. The number of furan rings is 1. The third-order valence-electron chi connectivity index (χ3n) is 1.94. The number of methoxy groups -OCH3 is 1. The lowest BCUT2D eigenvalue weighted by molar-refractivity contribution is 0.105. The molecule has 72 valence electrons. The summed E-state index contributed by atoms with van der Waals surface area (Å²) in [5.74, 6) is 0.793. The van der Waals surface area contributed by atoms with Crippen molar-refractivity contribution in [1.82, 2.24) is 0 Å². The summed E-state index contributed by atoms with van der Waals surface area (Å²) < 4.78 is 10.3. The molecule has 0 fully saturated rings. The fourth-order valence-corrected chi connectivity index (χ4v) is 1.40. The van der Waals surface area contributed by atoms with Crippen molar-refractivity contribution in [1.29, 1.82) is 0 Å². The molecule has 4 heteroatoms. The molecule has 0 aliphatic heterocycles. The number of hydrogen-bond donors (Lipinski definition) is 0. The van der Waals surface area contributed by atoms with Gasteiger partial charge in [0.15, 0.2) is 5.76 Å². The molecule has 1 heterocycles. The summed E-state index contributed by atoms with van der Waals surface area (Å²) in [6.45, 7) is 0. The van der Waals surface area contributed by atoms with Gasteiger partial charge in [-0.15, -0.1) is 0 Å². The third-order valence-corrected chi connectivity index (χ3v) is 2.12. The molecule has 3 nitrogen and oxygen atoms in total. The molecule has 0 atom stereocenters. The van der Waals surface area contributed by atoms with Crippen LogP contribution in [0.2, 0.25) is 0 Å². The van der Waals surface area contributed by atoms with E-state index in [0.717, 1.165) is 5.39 Å². The Labute approximate surface area is 85.2 Å². The fourth-order valence-electron chi connectivity index (χ4n) is 1.31. The van der Waals surface area contributed by atoms with Crippen LogP contribution in [0, 0.1) is 0 Å². The number of ether oxygens (including phenoxy) is 1. The Bertz CT molecular complexity index is 487. The van der Waals surface area contributed by atoms with E-state index < -0.39 is 5.24 Å². The zero-order valence-electron chi connectivity index (χ0n) is 7.41. The zero-order valence-corrected chi connectivity index (χ0v) is 8.17. The zero-order chi connectivity index (χ0) is 10.1. The van der Waals surface area contributed by atoms with Crippen molar-refractivity contribution in [2.75, 3.05) is 7.11 Å². The third kappa shape index (κ3) is 1.36. The minimum absolute atomic E-state index is 0.131.